The zero-order chi connectivity index (χ0) is 19.5. The summed E-state index contributed by atoms with van der Waals surface area (Å²) in [5.74, 6) is 2.29. The van der Waals surface area contributed by atoms with Crippen molar-refractivity contribution >= 4 is 29.0 Å². The molecule has 1 atom stereocenters. The molecule has 1 amide bonds. The van der Waals surface area contributed by atoms with Crippen LogP contribution in [0.25, 0.3) is 0 Å². The molecule has 1 aromatic carbocycles. The van der Waals surface area contributed by atoms with Crippen LogP contribution < -0.4 is 14.8 Å². The first-order chi connectivity index (χ1) is 13.6. The van der Waals surface area contributed by atoms with Gasteiger partial charge in [-0.2, -0.15) is 0 Å². The van der Waals surface area contributed by atoms with E-state index in [1.807, 2.05) is 48.2 Å². The number of carbonyl (C=O) groups is 1. The maximum atomic E-state index is 12.5. The summed E-state index contributed by atoms with van der Waals surface area (Å²) < 4.78 is 12.6. The molecule has 0 bridgehead atoms. The zero-order valence-corrected chi connectivity index (χ0v) is 17.2. The Bertz CT molecular complexity index is 972. The first kappa shape index (κ1) is 18.8. The van der Waals surface area contributed by atoms with Crippen LogP contribution >= 0.6 is 23.1 Å². The van der Waals surface area contributed by atoms with E-state index in [2.05, 4.69) is 21.6 Å². The first-order valence-corrected chi connectivity index (χ1v) is 10.6. The zero-order valence-electron chi connectivity index (χ0n) is 15.5. The minimum Gasteiger partial charge on any atom is -0.454 e. The van der Waals surface area contributed by atoms with Crippen molar-refractivity contribution in [3.8, 4) is 11.5 Å². The summed E-state index contributed by atoms with van der Waals surface area (Å²) >= 11 is 3.10. The lowest BCUT2D eigenvalue weighted by molar-refractivity contribution is -0.120. The van der Waals surface area contributed by atoms with E-state index in [0.29, 0.717) is 12.3 Å². The molecule has 1 N–H and O–H groups in total. The molecule has 0 fully saturated rings. The van der Waals surface area contributed by atoms with Crippen LogP contribution in [-0.4, -0.2) is 32.7 Å². The van der Waals surface area contributed by atoms with Crippen molar-refractivity contribution in [2.75, 3.05) is 6.79 Å². The van der Waals surface area contributed by atoms with Gasteiger partial charge < -0.3 is 19.4 Å². The van der Waals surface area contributed by atoms with Gasteiger partial charge in [-0.25, -0.2) is 0 Å². The van der Waals surface area contributed by atoms with E-state index in [4.69, 9.17) is 9.47 Å². The molecule has 2 aromatic heterocycles. The van der Waals surface area contributed by atoms with Gasteiger partial charge in [-0.1, -0.05) is 23.9 Å². The Balaban J connectivity index is 1.32. The molecule has 1 aliphatic rings. The minimum atomic E-state index is -0.286. The molecule has 0 spiro atoms. The fraction of sp³-hybridized carbons (Fsp3) is 0.316. The first-order valence-electron chi connectivity index (χ1n) is 8.83. The van der Waals surface area contributed by atoms with Crippen LogP contribution in [0, 0.1) is 0 Å². The average molecular weight is 417 g/mol. The van der Waals surface area contributed by atoms with Crippen molar-refractivity contribution in [1.82, 2.24) is 20.1 Å². The number of nitrogens with zero attached hydrogens (tertiary/aromatic N) is 3. The van der Waals surface area contributed by atoms with Crippen LogP contribution in [0.5, 0.6) is 11.5 Å². The average Bonchev–Trinajstić information content (AvgIpc) is 3.44. The highest BCUT2D eigenvalue weighted by Crippen LogP contribution is 2.32. The summed E-state index contributed by atoms with van der Waals surface area (Å²) in [5.41, 5.74) is 0.965. The second kappa shape index (κ2) is 8.24. The number of hydrogen-bond acceptors (Lipinski definition) is 7. The van der Waals surface area contributed by atoms with E-state index in [1.165, 1.54) is 16.6 Å². The highest BCUT2D eigenvalue weighted by molar-refractivity contribution is 8.00. The number of aromatic nitrogens is 3. The van der Waals surface area contributed by atoms with Gasteiger partial charge in [0.05, 0.1) is 5.25 Å². The summed E-state index contributed by atoms with van der Waals surface area (Å²) in [6, 6.07) is 9.78. The summed E-state index contributed by atoms with van der Waals surface area (Å²) in [7, 11) is 1.93. The molecule has 1 unspecified atom stereocenters. The van der Waals surface area contributed by atoms with Crippen LogP contribution in [0.2, 0.25) is 0 Å². The Labute approximate surface area is 171 Å². The van der Waals surface area contributed by atoms with Crippen LogP contribution in [0.3, 0.4) is 0 Å². The molecule has 0 aliphatic carbocycles. The molecule has 0 saturated carbocycles. The van der Waals surface area contributed by atoms with Crippen LogP contribution in [-0.2, 0) is 24.8 Å². The monoisotopic (exact) mass is 416 g/mol. The van der Waals surface area contributed by atoms with E-state index < -0.39 is 0 Å². The number of thioether (sulfide) groups is 1. The quantitative estimate of drug-likeness (QED) is 0.597. The number of hydrogen-bond donors (Lipinski definition) is 1. The van der Waals surface area contributed by atoms with Gasteiger partial charge in [0.1, 0.15) is 5.82 Å². The normalized spacial score (nSPS) is 13.5. The number of rotatable bonds is 7. The molecule has 1 aliphatic heterocycles. The molecule has 4 rings (SSSR count). The van der Waals surface area contributed by atoms with Crippen molar-refractivity contribution in [2.45, 2.75) is 30.3 Å². The lowest BCUT2D eigenvalue weighted by atomic mass is 10.2. The fourth-order valence-electron chi connectivity index (χ4n) is 2.77. The largest absolute Gasteiger partial charge is 0.454 e. The van der Waals surface area contributed by atoms with Crippen LogP contribution in [0.15, 0.2) is 40.9 Å². The number of benzene rings is 1. The lowest BCUT2D eigenvalue weighted by Crippen LogP contribution is -2.30. The topological polar surface area (TPSA) is 78.3 Å². The van der Waals surface area contributed by atoms with Gasteiger partial charge in [0, 0.05) is 24.9 Å². The van der Waals surface area contributed by atoms with Crippen molar-refractivity contribution in [2.24, 2.45) is 7.05 Å². The standard InChI is InChI=1S/C19H20N4O3S2/c1-12(18(24)20-10-13-5-6-15-16(8-13)26-11-25-15)28-19-22-21-17(23(19)2)9-14-4-3-7-27-14/h3-8,12H,9-11H2,1-2H3,(H,20,24). The fourth-order valence-corrected chi connectivity index (χ4v) is 4.33. The smallest absolute Gasteiger partial charge is 0.233 e. The van der Waals surface area contributed by atoms with E-state index in [9.17, 15) is 4.79 Å². The summed E-state index contributed by atoms with van der Waals surface area (Å²) in [5, 5.41) is 14.0. The van der Waals surface area contributed by atoms with E-state index in [1.54, 1.807) is 11.3 Å². The van der Waals surface area contributed by atoms with Crippen molar-refractivity contribution in [3.05, 3.63) is 52.0 Å². The van der Waals surface area contributed by atoms with Gasteiger partial charge in [-0.3, -0.25) is 4.79 Å². The highest BCUT2D eigenvalue weighted by Gasteiger charge is 2.19. The number of thiophene rings is 1. The third kappa shape index (κ3) is 4.15. The van der Waals surface area contributed by atoms with E-state index >= 15 is 0 Å². The maximum absolute atomic E-state index is 12.5. The number of ether oxygens (including phenoxy) is 2. The number of carbonyl (C=O) groups excluding carboxylic acids is 1. The molecule has 3 aromatic rings. The third-order valence-corrected chi connectivity index (χ3v) is 6.40. The second-order valence-electron chi connectivity index (χ2n) is 6.38. The Morgan fingerprint density at radius 3 is 3.00 bits per heavy atom. The lowest BCUT2D eigenvalue weighted by Gasteiger charge is -2.12. The van der Waals surface area contributed by atoms with Gasteiger partial charge in [0.15, 0.2) is 16.7 Å². The Morgan fingerprint density at radius 1 is 1.32 bits per heavy atom. The molecule has 3 heterocycles. The molecule has 28 heavy (non-hydrogen) atoms. The maximum Gasteiger partial charge on any atom is 0.233 e. The number of nitrogens with one attached hydrogen (secondary N) is 1. The molecule has 146 valence electrons. The predicted octanol–water partition coefficient (Wildman–Crippen LogP) is 2.99. The Hall–Kier alpha value is -2.52. The van der Waals surface area contributed by atoms with Crippen LogP contribution in [0.4, 0.5) is 0 Å². The molecular weight excluding hydrogens is 396 g/mol. The van der Waals surface area contributed by atoms with Gasteiger partial charge in [0.2, 0.25) is 12.7 Å². The second-order valence-corrected chi connectivity index (χ2v) is 8.72. The summed E-state index contributed by atoms with van der Waals surface area (Å²) in [4.78, 5) is 13.7. The SMILES string of the molecule is CC(Sc1nnc(Cc2cccs2)n1C)C(=O)NCc1ccc2c(c1)OCO2. The van der Waals surface area contributed by atoms with Crippen LogP contribution in [0.1, 0.15) is 23.2 Å². The van der Waals surface area contributed by atoms with Crippen molar-refractivity contribution in [3.63, 3.8) is 0 Å². The third-order valence-electron chi connectivity index (χ3n) is 4.39. The van der Waals surface area contributed by atoms with E-state index in [-0.39, 0.29) is 18.0 Å². The van der Waals surface area contributed by atoms with E-state index in [0.717, 1.165) is 28.7 Å². The molecule has 9 heteroatoms. The van der Waals surface area contributed by atoms with Gasteiger partial charge in [-0.05, 0) is 36.1 Å². The molecular formula is C19H20N4O3S2. The van der Waals surface area contributed by atoms with Gasteiger partial charge in [-0.15, -0.1) is 21.5 Å². The van der Waals surface area contributed by atoms with Gasteiger partial charge in [0.25, 0.3) is 0 Å². The number of fused-ring (bicyclic) bond motifs is 1. The van der Waals surface area contributed by atoms with Gasteiger partial charge >= 0.3 is 0 Å². The van der Waals surface area contributed by atoms with Crippen molar-refractivity contribution < 1.29 is 14.3 Å². The molecule has 0 radical (unpaired) electrons. The Kier molecular flexibility index (Phi) is 5.54. The highest BCUT2D eigenvalue weighted by atomic mass is 32.2. The molecule has 7 nitrogen and oxygen atoms in total. The summed E-state index contributed by atoms with van der Waals surface area (Å²) in [6.45, 7) is 2.54. The van der Waals surface area contributed by atoms with Crippen molar-refractivity contribution in [1.29, 1.82) is 0 Å². The predicted molar refractivity (Wildman–Crippen MR) is 108 cm³/mol. The summed E-state index contributed by atoms with van der Waals surface area (Å²) in [6.07, 6.45) is 0.742. The number of amides is 1. The molecule has 0 saturated heterocycles. The minimum absolute atomic E-state index is 0.0505. The Morgan fingerprint density at radius 2 is 2.18 bits per heavy atom.